The van der Waals surface area contributed by atoms with E-state index in [9.17, 15) is 4.79 Å². The molecule has 1 fully saturated rings. The third kappa shape index (κ3) is 6.42. The summed E-state index contributed by atoms with van der Waals surface area (Å²) < 4.78 is 7.45. The molecule has 0 atom stereocenters. The predicted molar refractivity (Wildman–Crippen MR) is 151 cm³/mol. The molecule has 0 saturated carbocycles. The van der Waals surface area contributed by atoms with Crippen molar-refractivity contribution in [2.45, 2.75) is 46.3 Å². The minimum Gasteiger partial charge on any atom is -0.444 e. The van der Waals surface area contributed by atoms with Crippen molar-refractivity contribution in [1.82, 2.24) is 29.6 Å². The molecule has 5 rings (SSSR count). The maximum Gasteiger partial charge on any atom is 0.410 e. The molecule has 0 unspecified atom stereocenters. The molecule has 9 nitrogen and oxygen atoms in total. The minimum atomic E-state index is -0.487. The van der Waals surface area contributed by atoms with Crippen LogP contribution in [0.2, 0.25) is 0 Å². The van der Waals surface area contributed by atoms with Gasteiger partial charge in [0.15, 0.2) is 0 Å². The molecule has 202 valence electrons. The molecule has 0 bridgehead atoms. The zero-order valence-electron chi connectivity index (χ0n) is 23.0. The predicted octanol–water partition coefficient (Wildman–Crippen LogP) is 5.07. The van der Waals surface area contributed by atoms with Crippen LogP contribution in [0.25, 0.3) is 22.5 Å². The van der Waals surface area contributed by atoms with Gasteiger partial charge < -0.3 is 14.5 Å². The van der Waals surface area contributed by atoms with Gasteiger partial charge in [-0.15, -0.1) is 0 Å². The van der Waals surface area contributed by atoms with Gasteiger partial charge in [-0.25, -0.2) is 14.8 Å². The van der Waals surface area contributed by atoms with E-state index in [0.29, 0.717) is 19.5 Å². The molecule has 39 heavy (non-hydrogen) atoms. The second-order valence-corrected chi connectivity index (χ2v) is 10.6. The molecular formula is C30H35N7O2. The third-order valence-electron chi connectivity index (χ3n) is 6.57. The van der Waals surface area contributed by atoms with Crippen LogP contribution < -0.4 is 4.90 Å². The fourth-order valence-electron chi connectivity index (χ4n) is 4.64. The van der Waals surface area contributed by atoms with E-state index in [0.717, 1.165) is 59.2 Å². The Labute approximate surface area is 229 Å². The van der Waals surface area contributed by atoms with Crippen molar-refractivity contribution >= 4 is 11.8 Å². The first-order valence-corrected chi connectivity index (χ1v) is 13.4. The van der Waals surface area contributed by atoms with E-state index in [2.05, 4.69) is 46.1 Å². The molecule has 1 aliphatic heterocycles. The summed E-state index contributed by atoms with van der Waals surface area (Å²) in [6.45, 7) is 11.3. The summed E-state index contributed by atoms with van der Waals surface area (Å²) in [6.07, 6.45) is 7.80. The number of hydrogen-bond acceptors (Lipinski definition) is 7. The van der Waals surface area contributed by atoms with Crippen molar-refractivity contribution in [1.29, 1.82) is 0 Å². The molecule has 4 heterocycles. The van der Waals surface area contributed by atoms with Crippen molar-refractivity contribution in [2.24, 2.45) is 0 Å². The van der Waals surface area contributed by atoms with Crippen LogP contribution in [-0.4, -0.2) is 67.5 Å². The summed E-state index contributed by atoms with van der Waals surface area (Å²) in [6, 6.07) is 14.3. The Balaban J connectivity index is 1.30. The minimum absolute atomic E-state index is 0.246. The van der Waals surface area contributed by atoms with E-state index in [-0.39, 0.29) is 6.09 Å². The molecule has 1 aliphatic rings. The molecule has 4 aromatic rings. The number of hydrogen-bond donors (Lipinski definition) is 0. The molecule has 0 radical (unpaired) electrons. The van der Waals surface area contributed by atoms with Gasteiger partial charge in [-0.2, -0.15) is 5.10 Å². The lowest BCUT2D eigenvalue weighted by Crippen LogP contribution is -2.50. The Morgan fingerprint density at radius 3 is 2.56 bits per heavy atom. The Bertz CT molecular complexity index is 1420. The Morgan fingerprint density at radius 2 is 1.85 bits per heavy atom. The summed E-state index contributed by atoms with van der Waals surface area (Å²) in [5, 5.41) is 4.76. The number of carbonyl (C=O) groups excluding carboxylic acids is 1. The van der Waals surface area contributed by atoms with E-state index < -0.39 is 5.60 Å². The average molecular weight is 526 g/mol. The van der Waals surface area contributed by atoms with E-state index in [4.69, 9.17) is 14.8 Å². The first kappa shape index (κ1) is 26.3. The van der Waals surface area contributed by atoms with Gasteiger partial charge in [0.25, 0.3) is 0 Å². The molecule has 1 aromatic carbocycles. The zero-order valence-corrected chi connectivity index (χ0v) is 23.0. The van der Waals surface area contributed by atoms with Crippen molar-refractivity contribution in [3.05, 3.63) is 78.6 Å². The quantitative estimate of drug-likeness (QED) is 0.347. The van der Waals surface area contributed by atoms with Crippen molar-refractivity contribution in [2.75, 3.05) is 31.1 Å². The fraction of sp³-hybridized carbons (Fsp3) is 0.367. The molecule has 1 amide bonds. The number of aromatic nitrogens is 5. The van der Waals surface area contributed by atoms with E-state index >= 15 is 0 Å². The van der Waals surface area contributed by atoms with Crippen LogP contribution in [-0.2, 0) is 17.7 Å². The van der Waals surface area contributed by atoms with Crippen molar-refractivity contribution in [3.8, 4) is 22.5 Å². The first-order chi connectivity index (χ1) is 18.8. The first-order valence-electron chi connectivity index (χ1n) is 13.4. The molecular weight excluding hydrogens is 490 g/mol. The smallest absolute Gasteiger partial charge is 0.410 e. The maximum absolute atomic E-state index is 12.4. The molecule has 0 aliphatic carbocycles. The monoisotopic (exact) mass is 525 g/mol. The number of rotatable bonds is 6. The SMILES string of the molecule is CCn1cc(-c2ccnc(Cc3cccc(N4CCN(C(=O)OC(C)(C)C)CC4)c3)n2)c(-c2cccnc2)n1. The zero-order chi connectivity index (χ0) is 27.4. The summed E-state index contributed by atoms with van der Waals surface area (Å²) in [5.74, 6) is 0.751. The molecule has 3 aromatic heterocycles. The van der Waals surface area contributed by atoms with Gasteiger partial charge >= 0.3 is 6.09 Å². The van der Waals surface area contributed by atoms with Crippen molar-refractivity contribution in [3.63, 3.8) is 0 Å². The molecule has 9 heteroatoms. The molecule has 0 spiro atoms. The topological polar surface area (TPSA) is 89.3 Å². The highest BCUT2D eigenvalue weighted by Crippen LogP contribution is 2.30. The van der Waals surface area contributed by atoms with Gasteiger partial charge in [-0.1, -0.05) is 12.1 Å². The number of amides is 1. The number of carbonyl (C=O) groups is 1. The number of aryl methyl sites for hydroxylation is 1. The maximum atomic E-state index is 12.4. The second kappa shape index (κ2) is 11.2. The highest BCUT2D eigenvalue weighted by molar-refractivity contribution is 5.78. The number of anilines is 1. The van der Waals surface area contributed by atoms with Crippen LogP contribution in [0.1, 0.15) is 39.1 Å². The number of benzene rings is 1. The largest absolute Gasteiger partial charge is 0.444 e. The fourth-order valence-corrected chi connectivity index (χ4v) is 4.64. The Kier molecular flexibility index (Phi) is 7.58. The van der Waals surface area contributed by atoms with Crippen LogP contribution in [0.4, 0.5) is 10.5 Å². The van der Waals surface area contributed by atoms with Crippen LogP contribution in [0.3, 0.4) is 0 Å². The van der Waals surface area contributed by atoms with Gasteiger partial charge in [0.2, 0.25) is 0 Å². The van der Waals surface area contributed by atoms with Gasteiger partial charge in [-0.05, 0) is 63.6 Å². The van der Waals surface area contributed by atoms with Gasteiger partial charge in [-0.3, -0.25) is 9.67 Å². The Hall–Kier alpha value is -4.27. The molecule has 1 saturated heterocycles. The highest BCUT2D eigenvalue weighted by atomic mass is 16.6. The van der Waals surface area contributed by atoms with Gasteiger partial charge in [0, 0.05) is 80.7 Å². The standard InChI is InChI=1S/C30H35N7O2/c1-5-37-21-25(28(34-37)23-9-7-12-31-20-23)26-11-13-32-27(33-26)19-22-8-6-10-24(18-22)35-14-16-36(17-15-35)29(38)39-30(2,3)4/h6-13,18,20-21H,5,14-17,19H2,1-4H3. The van der Waals surface area contributed by atoms with Gasteiger partial charge in [0.05, 0.1) is 5.69 Å². The molecule has 0 N–H and O–H groups in total. The lowest BCUT2D eigenvalue weighted by molar-refractivity contribution is 0.0240. The van der Waals surface area contributed by atoms with Crippen LogP contribution in [0.5, 0.6) is 0 Å². The third-order valence-corrected chi connectivity index (χ3v) is 6.57. The summed E-state index contributed by atoms with van der Waals surface area (Å²) in [4.78, 5) is 30.3. The van der Waals surface area contributed by atoms with Crippen LogP contribution in [0.15, 0.2) is 67.3 Å². The number of ether oxygens (including phenoxy) is 1. The lowest BCUT2D eigenvalue weighted by atomic mass is 10.1. The number of pyridine rings is 1. The summed E-state index contributed by atoms with van der Waals surface area (Å²) in [7, 11) is 0. The van der Waals surface area contributed by atoms with E-state index in [1.807, 2.05) is 62.2 Å². The lowest BCUT2D eigenvalue weighted by Gasteiger charge is -2.36. The second-order valence-electron chi connectivity index (χ2n) is 10.6. The number of piperazine rings is 1. The van der Waals surface area contributed by atoms with E-state index in [1.165, 1.54) is 0 Å². The average Bonchev–Trinajstić information content (AvgIpc) is 3.38. The normalized spacial score (nSPS) is 13.9. The van der Waals surface area contributed by atoms with Crippen LogP contribution >= 0.6 is 0 Å². The summed E-state index contributed by atoms with van der Waals surface area (Å²) >= 11 is 0. The summed E-state index contributed by atoms with van der Waals surface area (Å²) in [5.41, 5.74) is 5.41. The number of nitrogens with zero attached hydrogens (tertiary/aromatic N) is 7. The highest BCUT2D eigenvalue weighted by Gasteiger charge is 2.26. The Morgan fingerprint density at radius 1 is 1.03 bits per heavy atom. The van der Waals surface area contributed by atoms with Crippen molar-refractivity contribution < 1.29 is 9.53 Å². The van der Waals surface area contributed by atoms with Gasteiger partial charge in [0.1, 0.15) is 17.1 Å². The van der Waals surface area contributed by atoms with E-state index in [1.54, 1.807) is 11.1 Å². The van der Waals surface area contributed by atoms with Crippen LogP contribution in [0, 0.1) is 0 Å².